The summed E-state index contributed by atoms with van der Waals surface area (Å²) in [6, 6.07) is 10.6. The highest BCUT2D eigenvalue weighted by atomic mass is 16.7. The number of ether oxygens (including phenoxy) is 2. The number of benzene rings is 1. The number of nitrogens with one attached hydrogen (secondary N) is 1. The maximum Gasteiger partial charge on any atom is 0.255 e. The molecule has 3 heteroatoms. The van der Waals surface area contributed by atoms with Gasteiger partial charge in [-0.3, -0.25) is 5.32 Å². The van der Waals surface area contributed by atoms with Crippen LogP contribution in [0.3, 0.4) is 0 Å². The molecular formula is C16H25NO2. The monoisotopic (exact) mass is 263 g/mol. The van der Waals surface area contributed by atoms with Crippen LogP contribution in [0.25, 0.3) is 0 Å². The van der Waals surface area contributed by atoms with E-state index in [1.165, 1.54) is 12.8 Å². The SMILES string of the molecule is CCCCCOC1(c2ccccc2)NC(C)CCO1. The standard InChI is InChI=1S/C16H25NO2/c1-3-4-8-12-18-16(15-9-6-5-7-10-15)17-14(2)11-13-19-16/h5-7,9-10,14,17H,3-4,8,11-13H2,1-2H3. The number of rotatable bonds is 6. The Labute approximate surface area is 116 Å². The molecule has 1 aliphatic rings. The van der Waals surface area contributed by atoms with E-state index in [0.29, 0.717) is 6.04 Å². The van der Waals surface area contributed by atoms with Gasteiger partial charge in [0.2, 0.25) is 0 Å². The zero-order chi connectivity index (χ0) is 13.6. The van der Waals surface area contributed by atoms with Crippen molar-refractivity contribution < 1.29 is 9.47 Å². The van der Waals surface area contributed by atoms with Gasteiger partial charge in [-0.1, -0.05) is 50.1 Å². The molecule has 2 unspecified atom stereocenters. The van der Waals surface area contributed by atoms with Crippen molar-refractivity contribution in [2.75, 3.05) is 13.2 Å². The summed E-state index contributed by atoms with van der Waals surface area (Å²) in [6.45, 7) is 5.83. The molecule has 1 fully saturated rings. The molecule has 2 atom stereocenters. The summed E-state index contributed by atoms with van der Waals surface area (Å²) in [5.74, 6) is -0.757. The topological polar surface area (TPSA) is 30.5 Å². The van der Waals surface area contributed by atoms with E-state index in [1.54, 1.807) is 0 Å². The average Bonchev–Trinajstić information content (AvgIpc) is 2.45. The third-order valence-corrected chi connectivity index (χ3v) is 3.50. The molecular weight excluding hydrogens is 238 g/mol. The summed E-state index contributed by atoms with van der Waals surface area (Å²) in [5, 5.41) is 3.48. The lowest BCUT2D eigenvalue weighted by molar-refractivity contribution is -0.287. The van der Waals surface area contributed by atoms with E-state index >= 15 is 0 Å². The Hall–Kier alpha value is -0.900. The Bertz CT molecular complexity index is 368. The van der Waals surface area contributed by atoms with Crippen molar-refractivity contribution in [2.45, 2.75) is 51.5 Å². The van der Waals surface area contributed by atoms with Gasteiger partial charge < -0.3 is 9.47 Å². The van der Waals surface area contributed by atoms with Gasteiger partial charge in [0.05, 0.1) is 13.2 Å². The molecule has 0 spiro atoms. The molecule has 0 amide bonds. The summed E-state index contributed by atoms with van der Waals surface area (Å²) in [7, 11) is 0. The summed E-state index contributed by atoms with van der Waals surface area (Å²) >= 11 is 0. The highest BCUT2D eigenvalue weighted by molar-refractivity contribution is 5.20. The Balaban J connectivity index is 2.09. The summed E-state index contributed by atoms with van der Waals surface area (Å²) < 4.78 is 12.1. The lowest BCUT2D eigenvalue weighted by Gasteiger charge is -2.41. The molecule has 106 valence electrons. The van der Waals surface area contributed by atoms with Crippen LogP contribution in [-0.4, -0.2) is 19.3 Å². The summed E-state index contributed by atoms with van der Waals surface area (Å²) in [5.41, 5.74) is 1.05. The normalized spacial score (nSPS) is 27.4. The van der Waals surface area contributed by atoms with Crippen molar-refractivity contribution in [3.63, 3.8) is 0 Å². The van der Waals surface area contributed by atoms with Crippen molar-refractivity contribution >= 4 is 0 Å². The van der Waals surface area contributed by atoms with E-state index in [0.717, 1.165) is 31.6 Å². The van der Waals surface area contributed by atoms with E-state index in [9.17, 15) is 0 Å². The van der Waals surface area contributed by atoms with Crippen molar-refractivity contribution in [1.29, 1.82) is 0 Å². The van der Waals surface area contributed by atoms with E-state index in [4.69, 9.17) is 9.47 Å². The minimum atomic E-state index is -0.757. The van der Waals surface area contributed by atoms with Gasteiger partial charge in [-0.15, -0.1) is 0 Å². The van der Waals surface area contributed by atoms with Crippen LogP contribution in [0.1, 0.15) is 45.1 Å². The molecule has 0 aromatic heterocycles. The van der Waals surface area contributed by atoms with Gasteiger partial charge in [-0.05, 0) is 19.8 Å². The fourth-order valence-corrected chi connectivity index (χ4v) is 2.38. The van der Waals surface area contributed by atoms with Gasteiger partial charge in [0.1, 0.15) is 0 Å². The maximum atomic E-state index is 6.10. The van der Waals surface area contributed by atoms with Crippen LogP contribution in [0.5, 0.6) is 0 Å². The summed E-state index contributed by atoms with van der Waals surface area (Å²) in [4.78, 5) is 0. The molecule has 0 bridgehead atoms. The zero-order valence-electron chi connectivity index (χ0n) is 12.0. The second kappa shape index (κ2) is 7.04. The average molecular weight is 263 g/mol. The predicted molar refractivity (Wildman–Crippen MR) is 76.8 cm³/mol. The third-order valence-electron chi connectivity index (χ3n) is 3.50. The van der Waals surface area contributed by atoms with E-state index in [1.807, 2.05) is 18.2 Å². The molecule has 19 heavy (non-hydrogen) atoms. The van der Waals surface area contributed by atoms with Crippen molar-refractivity contribution in [3.05, 3.63) is 35.9 Å². The number of hydrogen-bond acceptors (Lipinski definition) is 3. The zero-order valence-corrected chi connectivity index (χ0v) is 12.0. The molecule has 1 saturated heterocycles. The van der Waals surface area contributed by atoms with Crippen molar-refractivity contribution in [1.82, 2.24) is 5.32 Å². The van der Waals surface area contributed by atoms with Crippen molar-refractivity contribution in [3.8, 4) is 0 Å². The smallest absolute Gasteiger partial charge is 0.255 e. The van der Waals surface area contributed by atoms with Gasteiger partial charge in [0, 0.05) is 11.6 Å². The molecule has 0 radical (unpaired) electrons. The molecule has 1 aromatic carbocycles. The molecule has 1 N–H and O–H groups in total. The van der Waals surface area contributed by atoms with E-state index in [2.05, 4.69) is 31.3 Å². The molecule has 0 saturated carbocycles. The van der Waals surface area contributed by atoms with Crippen LogP contribution >= 0.6 is 0 Å². The number of hydrogen-bond donors (Lipinski definition) is 1. The lowest BCUT2D eigenvalue weighted by Crippen LogP contribution is -2.55. The molecule has 3 nitrogen and oxygen atoms in total. The van der Waals surface area contributed by atoms with E-state index in [-0.39, 0.29) is 0 Å². The van der Waals surface area contributed by atoms with Gasteiger partial charge in [0.25, 0.3) is 5.91 Å². The Morgan fingerprint density at radius 3 is 2.79 bits per heavy atom. The van der Waals surface area contributed by atoms with Crippen LogP contribution in [-0.2, 0) is 15.4 Å². The summed E-state index contributed by atoms with van der Waals surface area (Å²) in [6.07, 6.45) is 4.49. The van der Waals surface area contributed by atoms with Crippen LogP contribution in [0, 0.1) is 0 Å². The van der Waals surface area contributed by atoms with Crippen molar-refractivity contribution in [2.24, 2.45) is 0 Å². The third kappa shape index (κ3) is 3.78. The molecule has 1 heterocycles. The Morgan fingerprint density at radius 1 is 1.32 bits per heavy atom. The lowest BCUT2D eigenvalue weighted by atomic mass is 10.1. The highest BCUT2D eigenvalue weighted by Gasteiger charge is 2.38. The Kier molecular flexibility index (Phi) is 5.37. The molecule has 1 aliphatic heterocycles. The first kappa shape index (κ1) is 14.5. The van der Waals surface area contributed by atoms with Crippen LogP contribution < -0.4 is 5.32 Å². The fraction of sp³-hybridized carbons (Fsp3) is 0.625. The quantitative estimate of drug-likeness (QED) is 0.798. The van der Waals surface area contributed by atoms with E-state index < -0.39 is 5.91 Å². The molecule has 0 aliphatic carbocycles. The first-order valence-corrected chi connectivity index (χ1v) is 7.38. The predicted octanol–water partition coefficient (Wildman–Crippen LogP) is 3.40. The second-order valence-electron chi connectivity index (χ2n) is 5.22. The fourth-order valence-electron chi connectivity index (χ4n) is 2.38. The molecule has 2 rings (SSSR count). The first-order valence-electron chi connectivity index (χ1n) is 7.38. The number of unbranched alkanes of at least 4 members (excludes halogenated alkanes) is 2. The minimum absolute atomic E-state index is 0.403. The molecule has 1 aromatic rings. The first-order chi connectivity index (χ1) is 9.27. The van der Waals surface area contributed by atoms with Gasteiger partial charge in [-0.2, -0.15) is 0 Å². The van der Waals surface area contributed by atoms with Gasteiger partial charge >= 0.3 is 0 Å². The maximum absolute atomic E-state index is 6.10. The largest absolute Gasteiger partial charge is 0.334 e. The highest BCUT2D eigenvalue weighted by Crippen LogP contribution is 2.29. The van der Waals surface area contributed by atoms with Crippen LogP contribution in [0.2, 0.25) is 0 Å². The van der Waals surface area contributed by atoms with Gasteiger partial charge in [-0.25, -0.2) is 0 Å². The minimum Gasteiger partial charge on any atom is -0.334 e. The van der Waals surface area contributed by atoms with Crippen LogP contribution in [0.4, 0.5) is 0 Å². The second-order valence-corrected chi connectivity index (χ2v) is 5.22. The Morgan fingerprint density at radius 2 is 2.11 bits per heavy atom. The van der Waals surface area contributed by atoms with Gasteiger partial charge in [0.15, 0.2) is 0 Å². The van der Waals surface area contributed by atoms with Crippen LogP contribution in [0.15, 0.2) is 30.3 Å².